The summed E-state index contributed by atoms with van der Waals surface area (Å²) in [5.74, 6) is -0.385. The molecule has 7 heteroatoms. The molecule has 0 saturated carbocycles. The Labute approximate surface area is 144 Å². The van der Waals surface area contributed by atoms with Gasteiger partial charge < -0.3 is 15.5 Å². The van der Waals surface area contributed by atoms with Gasteiger partial charge in [0.25, 0.3) is 0 Å². The highest BCUT2D eigenvalue weighted by atomic mass is 32.2. The van der Waals surface area contributed by atoms with Crippen molar-refractivity contribution in [3.05, 3.63) is 35.4 Å². The van der Waals surface area contributed by atoms with E-state index in [0.29, 0.717) is 32.5 Å². The van der Waals surface area contributed by atoms with Gasteiger partial charge in [0.05, 0.1) is 0 Å². The summed E-state index contributed by atoms with van der Waals surface area (Å²) in [5.41, 5.74) is 2.13. The maximum absolute atomic E-state index is 12.7. The predicted octanol–water partition coefficient (Wildman–Crippen LogP) is 0.531. The molecule has 1 aromatic carbocycles. The molecule has 0 atom stereocenters. The van der Waals surface area contributed by atoms with E-state index in [4.69, 9.17) is 0 Å². The van der Waals surface area contributed by atoms with Gasteiger partial charge in [-0.25, -0.2) is 8.42 Å². The molecule has 0 bridgehead atoms. The molecule has 1 heterocycles. The molecule has 134 valence electrons. The number of carbonyl (C=O) groups is 1. The monoisotopic (exact) mass is 353 g/mol. The molecule has 1 aliphatic heterocycles. The molecule has 0 aromatic heterocycles. The lowest BCUT2D eigenvalue weighted by molar-refractivity contribution is -0.124. The van der Waals surface area contributed by atoms with Crippen molar-refractivity contribution in [3.8, 4) is 0 Å². The number of amides is 1. The first-order valence-corrected chi connectivity index (χ1v) is 10.0. The number of piperidine rings is 1. The molecular weight excluding hydrogens is 326 g/mol. The highest BCUT2D eigenvalue weighted by Gasteiger charge is 2.48. The SMILES string of the molecule is CN(C)Cc1cccc(CNC(=O)C2(S(C)(=O)=O)CCNCC2)c1. The molecule has 1 saturated heterocycles. The van der Waals surface area contributed by atoms with Gasteiger partial charge in [0.2, 0.25) is 5.91 Å². The zero-order chi connectivity index (χ0) is 17.8. The number of rotatable bonds is 6. The molecule has 2 N–H and O–H groups in total. The van der Waals surface area contributed by atoms with E-state index in [1.54, 1.807) is 0 Å². The molecular formula is C17H27N3O3S. The molecule has 1 aromatic rings. The summed E-state index contributed by atoms with van der Waals surface area (Å²) < 4.78 is 23.2. The van der Waals surface area contributed by atoms with Crippen LogP contribution < -0.4 is 10.6 Å². The summed E-state index contributed by atoms with van der Waals surface area (Å²) in [7, 11) is 0.529. The summed E-state index contributed by atoms with van der Waals surface area (Å²) in [4.78, 5) is 14.8. The van der Waals surface area contributed by atoms with Crippen molar-refractivity contribution in [2.75, 3.05) is 33.4 Å². The van der Waals surface area contributed by atoms with E-state index in [1.807, 2.05) is 38.4 Å². The van der Waals surface area contributed by atoms with Crippen molar-refractivity contribution in [1.29, 1.82) is 0 Å². The van der Waals surface area contributed by atoms with Crippen LogP contribution in [0.3, 0.4) is 0 Å². The number of hydrogen-bond donors (Lipinski definition) is 2. The second-order valence-corrected chi connectivity index (χ2v) is 9.08. The van der Waals surface area contributed by atoms with Gasteiger partial charge in [-0.15, -0.1) is 0 Å². The number of benzene rings is 1. The molecule has 0 aliphatic carbocycles. The van der Waals surface area contributed by atoms with Gasteiger partial charge in [-0.3, -0.25) is 4.79 Å². The van der Waals surface area contributed by atoms with E-state index in [2.05, 4.69) is 15.5 Å². The standard InChI is InChI=1S/C17H27N3O3S/c1-20(2)13-15-6-4-5-14(11-15)12-19-16(21)17(24(3,22)23)7-9-18-10-8-17/h4-6,11,18H,7-10,12-13H2,1-3H3,(H,19,21). The quantitative estimate of drug-likeness (QED) is 0.780. The lowest BCUT2D eigenvalue weighted by atomic mass is 9.95. The average Bonchev–Trinajstić information content (AvgIpc) is 2.52. The van der Waals surface area contributed by atoms with Crippen LogP contribution in [0.1, 0.15) is 24.0 Å². The van der Waals surface area contributed by atoms with Crippen LogP contribution in [0.5, 0.6) is 0 Å². The Morgan fingerprint density at radius 3 is 2.46 bits per heavy atom. The van der Waals surface area contributed by atoms with Gasteiger partial charge in [0, 0.05) is 19.3 Å². The molecule has 1 fully saturated rings. The van der Waals surface area contributed by atoms with Crippen molar-refractivity contribution in [2.45, 2.75) is 30.7 Å². The van der Waals surface area contributed by atoms with Crippen molar-refractivity contribution >= 4 is 15.7 Å². The Kier molecular flexibility index (Phi) is 6.01. The first-order valence-electron chi connectivity index (χ1n) is 8.16. The molecule has 0 radical (unpaired) electrons. The lowest BCUT2D eigenvalue weighted by Gasteiger charge is -2.34. The number of sulfone groups is 1. The van der Waals surface area contributed by atoms with E-state index in [9.17, 15) is 13.2 Å². The fourth-order valence-electron chi connectivity index (χ4n) is 3.14. The Hall–Kier alpha value is -1.44. The van der Waals surface area contributed by atoms with Crippen LogP contribution >= 0.6 is 0 Å². The minimum Gasteiger partial charge on any atom is -0.351 e. The van der Waals surface area contributed by atoms with Crippen LogP contribution in [0.25, 0.3) is 0 Å². The summed E-state index contributed by atoms with van der Waals surface area (Å²) in [6.07, 6.45) is 1.80. The van der Waals surface area contributed by atoms with Crippen LogP contribution in [0.15, 0.2) is 24.3 Å². The minimum atomic E-state index is -3.47. The zero-order valence-corrected chi connectivity index (χ0v) is 15.4. The van der Waals surface area contributed by atoms with Gasteiger partial charge in [0.1, 0.15) is 0 Å². The van der Waals surface area contributed by atoms with Gasteiger partial charge in [-0.05, 0) is 51.2 Å². The maximum Gasteiger partial charge on any atom is 0.241 e. The van der Waals surface area contributed by atoms with E-state index >= 15 is 0 Å². The number of carbonyl (C=O) groups excluding carboxylic acids is 1. The molecule has 2 rings (SSSR count). The van der Waals surface area contributed by atoms with E-state index in [0.717, 1.165) is 23.9 Å². The third-order valence-electron chi connectivity index (χ3n) is 4.48. The largest absolute Gasteiger partial charge is 0.351 e. The fourth-order valence-corrected chi connectivity index (χ4v) is 4.50. The summed E-state index contributed by atoms with van der Waals surface area (Å²) in [6.45, 7) is 2.24. The maximum atomic E-state index is 12.7. The van der Waals surface area contributed by atoms with Crippen LogP contribution in [-0.2, 0) is 27.7 Å². The third kappa shape index (κ3) is 4.34. The predicted molar refractivity (Wildman–Crippen MR) is 95.4 cm³/mol. The molecule has 1 aliphatic rings. The molecule has 1 amide bonds. The van der Waals surface area contributed by atoms with Crippen molar-refractivity contribution < 1.29 is 13.2 Å². The van der Waals surface area contributed by atoms with Crippen LogP contribution in [-0.4, -0.2) is 57.4 Å². The van der Waals surface area contributed by atoms with E-state index in [-0.39, 0.29) is 5.91 Å². The lowest BCUT2D eigenvalue weighted by Crippen LogP contribution is -2.57. The Bertz CT molecular complexity index is 680. The molecule has 24 heavy (non-hydrogen) atoms. The topological polar surface area (TPSA) is 78.5 Å². The first kappa shape index (κ1) is 18.9. The average molecular weight is 353 g/mol. The smallest absolute Gasteiger partial charge is 0.241 e. The Morgan fingerprint density at radius 1 is 1.25 bits per heavy atom. The van der Waals surface area contributed by atoms with Gasteiger partial charge in [-0.1, -0.05) is 24.3 Å². The normalized spacial score (nSPS) is 17.7. The summed E-state index contributed by atoms with van der Waals surface area (Å²) >= 11 is 0. The Morgan fingerprint density at radius 2 is 1.88 bits per heavy atom. The van der Waals surface area contributed by atoms with Crippen LogP contribution in [0.4, 0.5) is 0 Å². The molecule has 6 nitrogen and oxygen atoms in total. The minimum absolute atomic E-state index is 0.318. The first-order chi connectivity index (χ1) is 11.2. The second-order valence-electron chi connectivity index (χ2n) is 6.76. The number of nitrogens with zero attached hydrogens (tertiary/aromatic N) is 1. The highest BCUT2D eigenvalue weighted by molar-refractivity contribution is 7.92. The number of nitrogens with one attached hydrogen (secondary N) is 2. The van der Waals surface area contributed by atoms with Crippen molar-refractivity contribution in [2.24, 2.45) is 0 Å². The number of hydrogen-bond acceptors (Lipinski definition) is 5. The molecule has 0 spiro atoms. The fraction of sp³-hybridized carbons (Fsp3) is 0.588. The summed E-state index contributed by atoms with van der Waals surface area (Å²) in [5, 5.41) is 5.95. The van der Waals surface area contributed by atoms with Gasteiger partial charge >= 0.3 is 0 Å². The highest BCUT2D eigenvalue weighted by Crippen LogP contribution is 2.28. The van der Waals surface area contributed by atoms with Crippen molar-refractivity contribution in [1.82, 2.24) is 15.5 Å². The van der Waals surface area contributed by atoms with Crippen LogP contribution in [0.2, 0.25) is 0 Å². The van der Waals surface area contributed by atoms with E-state index < -0.39 is 14.6 Å². The molecule has 0 unspecified atom stereocenters. The van der Waals surface area contributed by atoms with Crippen molar-refractivity contribution in [3.63, 3.8) is 0 Å². The summed E-state index contributed by atoms with van der Waals surface area (Å²) in [6, 6.07) is 7.97. The Balaban J connectivity index is 2.09. The second kappa shape index (κ2) is 7.63. The van der Waals surface area contributed by atoms with Crippen LogP contribution in [0, 0.1) is 0 Å². The van der Waals surface area contributed by atoms with Gasteiger partial charge in [-0.2, -0.15) is 0 Å². The van der Waals surface area contributed by atoms with E-state index in [1.165, 1.54) is 0 Å². The zero-order valence-electron chi connectivity index (χ0n) is 14.6. The van der Waals surface area contributed by atoms with Gasteiger partial charge in [0.15, 0.2) is 14.6 Å². The third-order valence-corrected chi connectivity index (χ3v) is 6.49.